The predicted molar refractivity (Wildman–Crippen MR) is 99.9 cm³/mol. The molecule has 0 aliphatic rings. The molecule has 0 aliphatic carbocycles. The van der Waals surface area contributed by atoms with Crippen LogP contribution in [0.5, 0.6) is 0 Å². The third-order valence-electron chi connectivity index (χ3n) is 3.41. The van der Waals surface area contributed by atoms with Crippen molar-refractivity contribution in [2.75, 3.05) is 5.32 Å². The minimum Gasteiger partial charge on any atom is -0.411 e. The second-order valence-electron chi connectivity index (χ2n) is 5.50. The number of thioether (sulfide) groups is 1. The van der Waals surface area contributed by atoms with E-state index in [0.29, 0.717) is 16.1 Å². The molecule has 7 heteroatoms. The Labute approximate surface area is 154 Å². The second-order valence-corrected chi connectivity index (χ2v) is 7.23. The number of aromatic nitrogens is 2. The SMILES string of the molecule is Cc1cccc(NC(=O)[C@@H](C)Sc2nnc(-c3cccc(Cl)c3)o2)c1. The molecule has 0 fully saturated rings. The normalized spacial score (nSPS) is 12.0. The molecular formula is C18H16ClN3O2S. The van der Waals surface area contributed by atoms with E-state index in [1.807, 2.05) is 43.3 Å². The third kappa shape index (κ3) is 4.61. The molecule has 0 saturated heterocycles. The van der Waals surface area contributed by atoms with Crippen molar-refractivity contribution in [2.45, 2.75) is 24.3 Å². The van der Waals surface area contributed by atoms with Gasteiger partial charge in [-0.25, -0.2) is 0 Å². The van der Waals surface area contributed by atoms with Crippen LogP contribution >= 0.6 is 23.4 Å². The van der Waals surface area contributed by atoms with Gasteiger partial charge in [-0.3, -0.25) is 4.79 Å². The van der Waals surface area contributed by atoms with E-state index in [0.717, 1.165) is 16.8 Å². The van der Waals surface area contributed by atoms with E-state index in [2.05, 4.69) is 15.5 Å². The van der Waals surface area contributed by atoms with E-state index in [-0.39, 0.29) is 11.2 Å². The van der Waals surface area contributed by atoms with Crippen molar-refractivity contribution in [3.63, 3.8) is 0 Å². The van der Waals surface area contributed by atoms with Crippen LogP contribution in [-0.4, -0.2) is 21.4 Å². The van der Waals surface area contributed by atoms with E-state index in [4.69, 9.17) is 16.0 Å². The molecular weight excluding hydrogens is 358 g/mol. The quantitative estimate of drug-likeness (QED) is 0.649. The summed E-state index contributed by atoms with van der Waals surface area (Å²) < 4.78 is 5.62. The van der Waals surface area contributed by atoms with E-state index in [1.54, 1.807) is 19.1 Å². The summed E-state index contributed by atoms with van der Waals surface area (Å²) in [6.07, 6.45) is 0. The monoisotopic (exact) mass is 373 g/mol. The number of hydrogen-bond donors (Lipinski definition) is 1. The molecule has 0 bridgehead atoms. The molecule has 2 aromatic carbocycles. The van der Waals surface area contributed by atoms with Gasteiger partial charge in [0.15, 0.2) is 0 Å². The van der Waals surface area contributed by atoms with Crippen LogP contribution < -0.4 is 5.32 Å². The highest BCUT2D eigenvalue weighted by Crippen LogP contribution is 2.27. The maximum Gasteiger partial charge on any atom is 0.277 e. The number of nitrogens with one attached hydrogen (secondary N) is 1. The van der Waals surface area contributed by atoms with Crippen LogP contribution in [-0.2, 0) is 4.79 Å². The fraction of sp³-hybridized carbons (Fsp3) is 0.167. The maximum atomic E-state index is 12.3. The zero-order valence-corrected chi connectivity index (χ0v) is 15.3. The first-order valence-corrected chi connectivity index (χ1v) is 8.90. The molecule has 3 aromatic rings. The standard InChI is InChI=1S/C18H16ClN3O2S/c1-11-5-3-8-15(9-11)20-16(23)12(2)25-18-22-21-17(24-18)13-6-4-7-14(19)10-13/h3-10,12H,1-2H3,(H,20,23)/t12-/m1/s1. The summed E-state index contributed by atoms with van der Waals surface area (Å²) in [7, 11) is 0. The van der Waals surface area contributed by atoms with Crippen LogP contribution in [0.1, 0.15) is 12.5 Å². The van der Waals surface area contributed by atoms with Crippen molar-refractivity contribution >= 4 is 35.0 Å². The zero-order chi connectivity index (χ0) is 17.8. The van der Waals surface area contributed by atoms with Crippen LogP contribution in [0.4, 0.5) is 5.69 Å². The van der Waals surface area contributed by atoms with Crippen LogP contribution in [0.2, 0.25) is 5.02 Å². The second kappa shape index (κ2) is 7.72. The first-order valence-electron chi connectivity index (χ1n) is 7.65. The number of hydrogen-bond acceptors (Lipinski definition) is 5. The smallest absolute Gasteiger partial charge is 0.277 e. The number of anilines is 1. The summed E-state index contributed by atoms with van der Waals surface area (Å²) in [5, 5.41) is 11.4. The molecule has 128 valence electrons. The van der Waals surface area contributed by atoms with Gasteiger partial charge in [-0.1, -0.05) is 41.6 Å². The lowest BCUT2D eigenvalue weighted by molar-refractivity contribution is -0.115. The minimum absolute atomic E-state index is 0.127. The molecule has 1 amide bonds. The van der Waals surface area contributed by atoms with Gasteiger partial charge >= 0.3 is 0 Å². The van der Waals surface area contributed by atoms with Gasteiger partial charge in [-0.2, -0.15) is 0 Å². The Bertz CT molecular complexity index is 897. The number of aryl methyl sites for hydroxylation is 1. The highest BCUT2D eigenvalue weighted by molar-refractivity contribution is 8.00. The average Bonchev–Trinajstić information content (AvgIpc) is 3.03. The third-order valence-corrected chi connectivity index (χ3v) is 4.58. The van der Waals surface area contributed by atoms with E-state index in [9.17, 15) is 4.79 Å². The molecule has 1 atom stereocenters. The number of carbonyl (C=O) groups is 1. The number of halogens is 1. The molecule has 25 heavy (non-hydrogen) atoms. The van der Waals surface area contributed by atoms with E-state index in [1.165, 1.54) is 11.8 Å². The Balaban J connectivity index is 1.65. The Kier molecular flexibility index (Phi) is 5.40. The summed E-state index contributed by atoms with van der Waals surface area (Å²) in [4.78, 5) is 12.3. The Morgan fingerprint density at radius 3 is 2.76 bits per heavy atom. The fourth-order valence-electron chi connectivity index (χ4n) is 2.17. The van der Waals surface area contributed by atoms with Crippen molar-refractivity contribution < 1.29 is 9.21 Å². The molecule has 0 saturated carbocycles. The van der Waals surface area contributed by atoms with Gasteiger partial charge < -0.3 is 9.73 Å². The molecule has 1 aromatic heterocycles. The summed E-state index contributed by atoms with van der Waals surface area (Å²) in [5.41, 5.74) is 2.59. The predicted octanol–water partition coefficient (Wildman–Crippen LogP) is 4.82. The average molecular weight is 374 g/mol. The van der Waals surface area contributed by atoms with Gasteiger partial charge in [0.1, 0.15) is 0 Å². The van der Waals surface area contributed by atoms with E-state index >= 15 is 0 Å². The lowest BCUT2D eigenvalue weighted by Gasteiger charge is -2.10. The summed E-state index contributed by atoms with van der Waals surface area (Å²) >= 11 is 7.18. The lowest BCUT2D eigenvalue weighted by Crippen LogP contribution is -2.22. The zero-order valence-electron chi connectivity index (χ0n) is 13.7. The Morgan fingerprint density at radius 2 is 2.00 bits per heavy atom. The summed E-state index contributed by atoms with van der Waals surface area (Å²) in [5.74, 6) is 0.245. The minimum atomic E-state index is -0.381. The summed E-state index contributed by atoms with van der Waals surface area (Å²) in [6.45, 7) is 3.77. The van der Waals surface area contributed by atoms with Crippen LogP contribution in [0.25, 0.3) is 11.5 Å². The molecule has 0 unspecified atom stereocenters. The van der Waals surface area contributed by atoms with Crippen molar-refractivity contribution in [3.05, 3.63) is 59.1 Å². The molecule has 3 rings (SSSR count). The number of benzene rings is 2. The number of rotatable bonds is 5. The van der Waals surface area contributed by atoms with Crippen LogP contribution in [0.3, 0.4) is 0 Å². The first-order chi connectivity index (χ1) is 12.0. The number of amides is 1. The largest absolute Gasteiger partial charge is 0.411 e. The fourth-order valence-corrected chi connectivity index (χ4v) is 3.04. The molecule has 0 spiro atoms. The van der Waals surface area contributed by atoms with Gasteiger partial charge in [0, 0.05) is 16.3 Å². The van der Waals surface area contributed by atoms with Crippen LogP contribution in [0, 0.1) is 6.92 Å². The molecule has 5 nitrogen and oxygen atoms in total. The van der Waals surface area contributed by atoms with Gasteiger partial charge in [0.25, 0.3) is 5.22 Å². The van der Waals surface area contributed by atoms with Crippen molar-refractivity contribution in [1.82, 2.24) is 10.2 Å². The lowest BCUT2D eigenvalue weighted by atomic mass is 10.2. The van der Waals surface area contributed by atoms with Gasteiger partial charge in [-0.15, -0.1) is 10.2 Å². The van der Waals surface area contributed by atoms with Crippen molar-refractivity contribution in [3.8, 4) is 11.5 Å². The van der Waals surface area contributed by atoms with Gasteiger partial charge in [0.2, 0.25) is 11.8 Å². The Morgan fingerprint density at radius 1 is 1.20 bits per heavy atom. The Hall–Kier alpha value is -2.31. The molecule has 1 N–H and O–H groups in total. The van der Waals surface area contributed by atoms with Crippen molar-refractivity contribution in [1.29, 1.82) is 0 Å². The summed E-state index contributed by atoms with van der Waals surface area (Å²) in [6, 6.07) is 14.8. The highest BCUT2D eigenvalue weighted by atomic mass is 35.5. The number of carbonyl (C=O) groups excluding carboxylic acids is 1. The topological polar surface area (TPSA) is 68.0 Å². The van der Waals surface area contributed by atoms with Crippen molar-refractivity contribution in [2.24, 2.45) is 0 Å². The first kappa shape index (κ1) is 17.5. The highest BCUT2D eigenvalue weighted by Gasteiger charge is 2.19. The number of nitrogens with zero attached hydrogens (tertiary/aromatic N) is 2. The van der Waals surface area contributed by atoms with Gasteiger partial charge in [0.05, 0.1) is 5.25 Å². The molecule has 0 aliphatic heterocycles. The molecule has 0 radical (unpaired) electrons. The van der Waals surface area contributed by atoms with Crippen LogP contribution in [0.15, 0.2) is 58.2 Å². The maximum absolute atomic E-state index is 12.3. The van der Waals surface area contributed by atoms with Gasteiger partial charge in [-0.05, 0) is 49.7 Å². The van der Waals surface area contributed by atoms with E-state index < -0.39 is 0 Å². The molecule has 1 heterocycles.